The molecule has 0 aromatic heterocycles. The van der Waals surface area contributed by atoms with E-state index in [9.17, 15) is 10.2 Å². The average molecular weight is 243 g/mol. The van der Waals surface area contributed by atoms with Crippen LogP contribution in [-0.2, 0) is 0 Å². The molecular weight excluding hydrogens is 232 g/mol. The molecule has 7 heteroatoms. The minimum Gasteiger partial charge on any atom is -0.398 e. The number of hydrogen-bond acceptors (Lipinski definition) is 4. The Bertz CT molecular complexity index is 420. The molecule has 1 rings (SSSR count). The summed E-state index contributed by atoms with van der Waals surface area (Å²) in [5.74, 6) is 0. The van der Waals surface area contributed by atoms with Crippen molar-refractivity contribution in [1.82, 2.24) is 0 Å². The molecule has 0 aliphatic carbocycles. The summed E-state index contributed by atoms with van der Waals surface area (Å²) in [6, 6.07) is 4.53. The maximum absolute atomic E-state index is 9.70. The minimum absolute atomic E-state index is 0.208. The zero-order chi connectivity index (χ0) is 12.1. The zero-order valence-corrected chi connectivity index (χ0v) is 9.04. The fourth-order valence-electron chi connectivity index (χ4n) is 1.19. The van der Waals surface area contributed by atoms with E-state index in [-0.39, 0.29) is 6.54 Å². The summed E-state index contributed by atoms with van der Waals surface area (Å²) in [7, 11) is 0. The van der Waals surface area contributed by atoms with E-state index in [0.29, 0.717) is 16.3 Å². The van der Waals surface area contributed by atoms with Gasteiger partial charge >= 0.3 is 0 Å². The number of aliphatic hydroxyl groups is 2. The maximum Gasteiger partial charge on any atom is 0.105 e. The summed E-state index contributed by atoms with van der Waals surface area (Å²) in [5.41, 5.74) is 14.4. The number of hydrogen-bond donors (Lipinski definition) is 3. The third kappa shape index (κ3) is 3.01. The molecule has 0 radical (unpaired) electrons. The maximum atomic E-state index is 9.70. The number of benzene rings is 1. The van der Waals surface area contributed by atoms with E-state index in [1.54, 1.807) is 6.07 Å². The minimum atomic E-state index is -1.17. The summed E-state index contributed by atoms with van der Waals surface area (Å²) in [6.07, 6.45) is -2.33. The molecule has 6 nitrogen and oxygen atoms in total. The number of rotatable bonds is 4. The number of aliphatic hydroxyl groups excluding tert-OH is 2. The van der Waals surface area contributed by atoms with Gasteiger partial charge in [0.1, 0.15) is 6.10 Å². The van der Waals surface area contributed by atoms with Gasteiger partial charge in [-0.3, -0.25) is 0 Å². The van der Waals surface area contributed by atoms with Crippen LogP contribution in [0.5, 0.6) is 0 Å². The van der Waals surface area contributed by atoms with Gasteiger partial charge in [-0.05, 0) is 23.2 Å². The van der Waals surface area contributed by atoms with Crippen molar-refractivity contribution in [2.45, 2.75) is 12.2 Å². The number of halogens is 1. The highest BCUT2D eigenvalue weighted by molar-refractivity contribution is 6.33. The Labute approximate surface area is 96.9 Å². The lowest BCUT2D eigenvalue weighted by molar-refractivity contribution is 0.0244. The highest BCUT2D eigenvalue weighted by Crippen LogP contribution is 2.25. The number of azide groups is 1. The summed E-state index contributed by atoms with van der Waals surface area (Å²) in [4.78, 5) is 2.49. The first-order valence-electron chi connectivity index (χ1n) is 4.48. The normalized spacial score (nSPS) is 13.9. The predicted octanol–water partition coefficient (Wildman–Crippen LogP) is 1.63. The van der Waals surface area contributed by atoms with Gasteiger partial charge in [0.05, 0.1) is 23.4 Å². The van der Waals surface area contributed by atoms with Crippen LogP contribution in [0.3, 0.4) is 0 Å². The van der Waals surface area contributed by atoms with Gasteiger partial charge in [-0.2, -0.15) is 0 Å². The molecule has 0 bridgehead atoms. The Balaban J connectivity index is 2.82. The largest absolute Gasteiger partial charge is 0.398 e. The first kappa shape index (κ1) is 12.6. The van der Waals surface area contributed by atoms with Crippen LogP contribution in [0, 0.1) is 0 Å². The van der Waals surface area contributed by atoms with Crippen LogP contribution in [0.25, 0.3) is 10.4 Å². The predicted molar refractivity (Wildman–Crippen MR) is 60.8 cm³/mol. The number of nitrogens with two attached hydrogens (primary N) is 1. The molecule has 16 heavy (non-hydrogen) atoms. The summed E-state index contributed by atoms with van der Waals surface area (Å²) in [5, 5.41) is 22.7. The third-order valence-electron chi connectivity index (χ3n) is 2.06. The second-order valence-electron chi connectivity index (χ2n) is 3.21. The van der Waals surface area contributed by atoms with Gasteiger partial charge in [0.2, 0.25) is 0 Å². The van der Waals surface area contributed by atoms with Crippen molar-refractivity contribution in [3.05, 3.63) is 39.2 Å². The van der Waals surface area contributed by atoms with Crippen LogP contribution in [-0.4, -0.2) is 22.9 Å². The molecule has 1 aromatic rings. The van der Waals surface area contributed by atoms with Crippen molar-refractivity contribution in [2.75, 3.05) is 12.3 Å². The van der Waals surface area contributed by atoms with Gasteiger partial charge in [0.15, 0.2) is 0 Å². The fraction of sp³-hybridized carbons (Fsp3) is 0.333. The lowest BCUT2D eigenvalue weighted by Crippen LogP contribution is -2.21. The molecule has 0 saturated heterocycles. The van der Waals surface area contributed by atoms with Crippen LogP contribution in [0.4, 0.5) is 5.69 Å². The lowest BCUT2D eigenvalue weighted by atomic mass is 10.0. The van der Waals surface area contributed by atoms with Gasteiger partial charge in [-0.1, -0.05) is 22.8 Å². The van der Waals surface area contributed by atoms with E-state index in [4.69, 9.17) is 22.9 Å². The fourth-order valence-corrected chi connectivity index (χ4v) is 1.31. The molecule has 0 heterocycles. The van der Waals surface area contributed by atoms with E-state index in [1.807, 2.05) is 0 Å². The van der Waals surface area contributed by atoms with Crippen molar-refractivity contribution < 1.29 is 10.2 Å². The Morgan fingerprint density at radius 3 is 2.75 bits per heavy atom. The van der Waals surface area contributed by atoms with Gasteiger partial charge in [0, 0.05) is 4.91 Å². The molecule has 4 N–H and O–H groups in total. The number of anilines is 1. The second-order valence-corrected chi connectivity index (χ2v) is 3.61. The second kappa shape index (κ2) is 5.58. The van der Waals surface area contributed by atoms with E-state index >= 15 is 0 Å². The van der Waals surface area contributed by atoms with Crippen LogP contribution >= 0.6 is 11.6 Å². The Morgan fingerprint density at radius 2 is 2.19 bits per heavy atom. The van der Waals surface area contributed by atoms with Gasteiger partial charge in [-0.15, -0.1) is 0 Å². The van der Waals surface area contributed by atoms with E-state index < -0.39 is 12.2 Å². The Morgan fingerprint density at radius 1 is 1.50 bits per heavy atom. The monoisotopic (exact) mass is 242 g/mol. The van der Waals surface area contributed by atoms with Crippen molar-refractivity contribution in [2.24, 2.45) is 5.11 Å². The number of nitrogens with zero attached hydrogens (tertiary/aromatic N) is 3. The molecule has 0 amide bonds. The molecule has 1 aromatic carbocycles. The van der Waals surface area contributed by atoms with Crippen molar-refractivity contribution in [3.8, 4) is 0 Å². The van der Waals surface area contributed by atoms with Crippen LogP contribution < -0.4 is 5.73 Å². The SMILES string of the molecule is [N-]=[N+]=NCC(O)C(O)c1ccc(Cl)c(N)c1. The molecule has 0 fully saturated rings. The van der Waals surface area contributed by atoms with Crippen LogP contribution in [0.2, 0.25) is 5.02 Å². The van der Waals surface area contributed by atoms with Crippen molar-refractivity contribution >= 4 is 17.3 Å². The van der Waals surface area contributed by atoms with Crippen molar-refractivity contribution in [1.29, 1.82) is 0 Å². The summed E-state index contributed by atoms with van der Waals surface area (Å²) < 4.78 is 0. The Hall–Kier alpha value is -1.46. The first-order chi connectivity index (χ1) is 7.56. The summed E-state index contributed by atoms with van der Waals surface area (Å²) >= 11 is 5.71. The van der Waals surface area contributed by atoms with Crippen LogP contribution in [0.15, 0.2) is 23.3 Å². The standard InChI is InChI=1S/C9H11ClN4O2/c10-6-2-1-5(3-7(6)11)9(16)8(15)4-13-14-12/h1-3,8-9,15-16H,4,11H2. The van der Waals surface area contributed by atoms with E-state index in [1.165, 1.54) is 12.1 Å². The molecule has 0 aliphatic heterocycles. The highest BCUT2D eigenvalue weighted by atomic mass is 35.5. The molecule has 2 unspecified atom stereocenters. The zero-order valence-electron chi connectivity index (χ0n) is 8.29. The van der Waals surface area contributed by atoms with Gasteiger partial charge in [-0.25, -0.2) is 0 Å². The molecular formula is C9H11ClN4O2. The molecule has 0 aliphatic rings. The molecule has 86 valence electrons. The molecule has 0 saturated carbocycles. The average Bonchev–Trinajstić information content (AvgIpc) is 2.28. The van der Waals surface area contributed by atoms with Crippen molar-refractivity contribution in [3.63, 3.8) is 0 Å². The quantitative estimate of drug-likeness (QED) is 0.322. The van der Waals surface area contributed by atoms with E-state index in [0.717, 1.165) is 0 Å². The highest BCUT2D eigenvalue weighted by Gasteiger charge is 2.18. The smallest absolute Gasteiger partial charge is 0.105 e. The molecule has 2 atom stereocenters. The molecule has 0 spiro atoms. The number of nitrogen functional groups attached to an aromatic ring is 1. The van der Waals surface area contributed by atoms with Crippen LogP contribution in [0.1, 0.15) is 11.7 Å². The van der Waals surface area contributed by atoms with Gasteiger partial charge < -0.3 is 15.9 Å². The van der Waals surface area contributed by atoms with E-state index in [2.05, 4.69) is 10.0 Å². The Kier molecular flexibility index (Phi) is 4.39. The first-order valence-corrected chi connectivity index (χ1v) is 4.86. The third-order valence-corrected chi connectivity index (χ3v) is 2.40. The lowest BCUT2D eigenvalue weighted by Gasteiger charge is -2.16. The summed E-state index contributed by atoms with van der Waals surface area (Å²) in [6.45, 7) is -0.208. The van der Waals surface area contributed by atoms with Gasteiger partial charge in [0.25, 0.3) is 0 Å². The topological polar surface area (TPSA) is 115 Å².